The van der Waals surface area contributed by atoms with Crippen LogP contribution in [-0.4, -0.2) is 34.5 Å². The van der Waals surface area contributed by atoms with Gasteiger partial charge in [-0.25, -0.2) is 0 Å². The van der Waals surface area contributed by atoms with Crippen molar-refractivity contribution in [3.05, 3.63) is 59.7 Å². The molecule has 1 aliphatic heterocycles. The first-order chi connectivity index (χ1) is 12.0. The Bertz CT molecular complexity index is 948. The first kappa shape index (κ1) is 15.8. The van der Waals surface area contributed by atoms with Crippen LogP contribution in [0.15, 0.2) is 48.5 Å². The second-order valence-corrected chi connectivity index (χ2v) is 6.92. The molecule has 0 fully saturated rings. The molecule has 1 aliphatic rings. The summed E-state index contributed by atoms with van der Waals surface area (Å²) in [5.41, 5.74) is 0.846. The van der Waals surface area contributed by atoms with Crippen molar-refractivity contribution in [1.29, 1.82) is 0 Å². The van der Waals surface area contributed by atoms with E-state index in [4.69, 9.17) is 0 Å². The molecule has 0 unspecified atom stereocenters. The van der Waals surface area contributed by atoms with E-state index in [9.17, 15) is 14.7 Å². The molecular formula is C21H19NO3. The number of carbonyl (C=O) groups excluding carboxylic acids is 2. The van der Waals surface area contributed by atoms with Crippen LogP contribution in [0.2, 0.25) is 0 Å². The van der Waals surface area contributed by atoms with Crippen molar-refractivity contribution in [2.45, 2.75) is 19.9 Å². The first-order valence-electron chi connectivity index (χ1n) is 8.46. The van der Waals surface area contributed by atoms with Crippen LogP contribution in [-0.2, 0) is 0 Å². The molecule has 4 heteroatoms. The van der Waals surface area contributed by atoms with Gasteiger partial charge in [-0.15, -0.1) is 0 Å². The Morgan fingerprint density at radius 1 is 0.840 bits per heavy atom. The summed E-state index contributed by atoms with van der Waals surface area (Å²) in [4.78, 5) is 26.8. The van der Waals surface area contributed by atoms with Gasteiger partial charge in [-0.3, -0.25) is 14.5 Å². The average molecular weight is 333 g/mol. The van der Waals surface area contributed by atoms with Crippen LogP contribution in [0.1, 0.15) is 34.6 Å². The van der Waals surface area contributed by atoms with Crippen molar-refractivity contribution >= 4 is 33.4 Å². The highest BCUT2D eigenvalue weighted by atomic mass is 16.3. The van der Waals surface area contributed by atoms with E-state index in [0.717, 1.165) is 21.5 Å². The van der Waals surface area contributed by atoms with Crippen molar-refractivity contribution in [3.8, 4) is 0 Å². The molecule has 0 aromatic heterocycles. The fourth-order valence-electron chi connectivity index (χ4n) is 3.59. The van der Waals surface area contributed by atoms with E-state index in [1.807, 2.05) is 50.2 Å². The molecule has 0 saturated heterocycles. The Balaban J connectivity index is 1.90. The predicted molar refractivity (Wildman–Crippen MR) is 97.7 cm³/mol. The second-order valence-electron chi connectivity index (χ2n) is 6.92. The van der Waals surface area contributed by atoms with E-state index >= 15 is 0 Å². The maximum Gasteiger partial charge on any atom is 0.261 e. The van der Waals surface area contributed by atoms with Crippen molar-refractivity contribution in [1.82, 2.24) is 4.90 Å². The number of amides is 2. The number of hydrogen-bond acceptors (Lipinski definition) is 3. The Kier molecular flexibility index (Phi) is 3.58. The van der Waals surface area contributed by atoms with Crippen LogP contribution in [0, 0.1) is 5.92 Å². The monoisotopic (exact) mass is 333 g/mol. The summed E-state index contributed by atoms with van der Waals surface area (Å²) < 4.78 is 0. The van der Waals surface area contributed by atoms with E-state index in [0.29, 0.717) is 11.1 Å². The molecule has 1 atom stereocenters. The van der Waals surface area contributed by atoms with Crippen LogP contribution in [0.4, 0.5) is 0 Å². The Morgan fingerprint density at radius 3 is 1.72 bits per heavy atom. The molecule has 126 valence electrons. The third-order valence-electron chi connectivity index (χ3n) is 5.03. The molecule has 0 spiro atoms. The minimum absolute atomic E-state index is 0.00998. The highest BCUT2D eigenvalue weighted by Crippen LogP contribution is 2.32. The Morgan fingerprint density at radius 2 is 1.32 bits per heavy atom. The number of carbonyl (C=O) groups is 2. The summed E-state index contributed by atoms with van der Waals surface area (Å²) in [7, 11) is 0. The van der Waals surface area contributed by atoms with Gasteiger partial charge in [-0.1, -0.05) is 38.1 Å². The molecule has 1 N–H and O–H groups in total. The SMILES string of the molecule is CC(C)[C@@H](CO)N1C(=O)c2cc3cc4ccccc4cc3cc2C1=O. The zero-order valence-electron chi connectivity index (χ0n) is 14.2. The summed E-state index contributed by atoms with van der Waals surface area (Å²) in [5, 5.41) is 13.7. The summed E-state index contributed by atoms with van der Waals surface area (Å²) in [5.74, 6) is -0.644. The lowest BCUT2D eigenvalue weighted by molar-refractivity contribution is 0.0452. The number of benzene rings is 3. The molecular weight excluding hydrogens is 314 g/mol. The first-order valence-corrected chi connectivity index (χ1v) is 8.46. The van der Waals surface area contributed by atoms with Crippen molar-refractivity contribution in [3.63, 3.8) is 0 Å². The van der Waals surface area contributed by atoms with Gasteiger partial charge >= 0.3 is 0 Å². The van der Waals surface area contributed by atoms with E-state index in [1.54, 1.807) is 12.1 Å². The molecule has 25 heavy (non-hydrogen) atoms. The van der Waals surface area contributed by atoms with E-state index in [-0.39, 0.29) is 24.3 Å². The van der Waals surface area contributed by atoms with Crippen LogP contribution < -0.4 is 0 Å². The molecule has 4 nitrogen and oxygen atoms in total. The molecule has 1 heterocycles. The fourth-order valence-corrected chi connectivity index (χ4v) is 3.59. The maximum atomic E-state index is 12.8. The zero-order valence-corrected chi connectivity index (χ0v) is 14.2. The van der Waals surface area contributed by atoms with Gasteiger partial charge in [0.1, 0.15) is 0 Å². The molecule has 2 amide bonds. The minimum Gasteiger partial charge on any atom is -0.394 e. The van der Waals surface area contributed by atoms with E-state index in [1.165, 1.54) is 4.90 Å². The predicted octanol–water partition coefficient (Wildman–Crippen LogP) is 3.61. The van der Waals surface area contributed by atoms with Gasteiger partial charge in [0.05, 0.1) is 23.8 Å². The van der Waals surface area contributed by atoms with Crippen molar-refractivity contribution in [2.75, 3.05) is 6.61 Å². The molecule has 0 radical (unpaired) electrons. The van der Waals surface area contributed by atoms with Crippen LogP contribution in [0.5, 0.6) is 0 Å². The van der Waals surface area contributed by atoms with Crippen molar-refractivity contribution < 1.29 is 14.7 Å². The Hall–Kier alpha value is -2.72. The molecule has 0 aliphatic carbocycles. The highest BCUT2D eigenvalue weighted by Gasteiger charge is 2.40. The van der Waals surface area contributed by atoms with Crippen LogP contribution >= 0.6 is 0 Å². The van der Waals surface area contributed by atoms with Crippen LogP contribution in [0.25, 0.3) is 21.5 Å². The normalized spacial score (nSPS) is 15.4. The number of aliphatic hydroxyl groups is 1. The maximum absolute atomic E-state index is 12.8. The molecule has 3 aromatic carbocycles. The Labute approximate surface area is 145 Å². The number of hydrogen-bond donors (Lipinski definition) is 1. The lowest BCUT2D eigenvalue weighted by Crippen LogP contribution is -2.45. The fraction of sp³-hybridized carbons (Fsp3) is 0.238. The summed E-state index contributed by atoms with van der Waals surface area (Å²) in [6.45, 7) is 3.56. The number of rotatable bonds is 3. The number of fused-ring (bicyclic) bond motifs is 3. The van der Waals surface area contributed by atoms with Gasteiger partial charge in [0.25, 0.3) is 11.8 Å². The zero-order chi connectivity index (χ0) is 17.7. The third kappa shape index (κ3) is 2.33. The second kappa shape index (κ2) is 5.67. The third-order valence-corrected chi connectivity index (χ3v) is 5.03. The molecule has 4 rings (SSSR count). The quantitative estimate of drug-likeness (QED) is 0.588. The van der Waals surface area contributed by atoms with Gasteiger partial charge in [-0.2, -0.15) is 0 Å². The summed E-state index contributed by atoms with van der Waals surface area (Å²) in [6.07, 6.45) is 0. The molecule has 3 aromatic rings. The molecule has 0 saturated carbocycles. The highest BCUT2D eigenvalue weighted by molar-refractivity contribution is 6.23. The van der Waals surface area contributed by atoms with Gasteiger partial charge in [0.15, 0.2) is 0 Å². The average Bonchev–Trinajstić information content (AvgIpc) is 2.83. The van der Waals surface area contributed by atoms with Gasteiger partial charge in [0.2, 0.25) is 0 Å². The topological polar surface area (TPSA) is 57.6 Å². The van der Waals surface area contributed by atoms with Gasteiger partial charge < -0.3 is 5.11 Å². The van der Waals surface area contributed by atoms with Gasteiger partial charge in [-0.05, 0) is 51.7 Å². The lowest BCUT2D eigenvalue weighted by Gasteiger charge is -2.27. The van der Waals surface area contributed by atoms with E-state index in [2.05, 4.69) is 0 Å². The number of nitrogens with zero attached hydrogens (tertiary/aromatic N) is 1. The van der Waals surface area contributed by atoms with E-state index < -0.39 is 6.04 Å². The lowest BCUT2D eigenvalue weighted by atomic mass is 9.99. The smallest absolute Gasteiger partial charge is 0.261 e. The number of aliphatic hydroxyl groups excluding tert-OH is 1. The van der Waals surface area contributed by atoms with Crippen molar-refractivity contribution in [2.24, 2.45) is 5.92 Å². The summed E-state index contributed by atoms with van der Waals surface area (Å²) in [6, 6.07) is 15.2. The summed E-state index contributed by atoms with van der Waals surface area (Å²) >= 11 is 0. The van der Waals surface area contributed by atoms with Crippen LogP contribution in [0.3, 0.4) is 0 Å². The minimum atomic E-state index is -0.505. The van der Waals surface area contributed by atoms with Gasteiger partial charge in [0, 0.05) is 0 Å². The number of imide groups is 1. The largest absolute Gasteiger partial charge is 0.394 e. The molecule has 0 bridgehead atoms. The standard InChI is InChI=1S/C21H19NO3/c1-12(2)19(11-23)22-20(24)17-9-15-7-13-5-3-4-6-14(13)8-16(15)10-18(17)21(22)25/h3-10,12,19,23H,11H2,1-2H3/t19-/m1/s1.